The molecule has 0 atom stereocenters. The fraction of sp³-hybridized carbons (Fsp3) is 0.500. The molecular weight excluding hydrogens is 284 g/mol. The van der Waals surface area contributed by atoms with E-state index in [2.05, 4.69) is 40.1 Å². The number of pyridine rings is 1. The smallest absolute Gasteiger partial charge is 0.341 e. The molecule has 0 aliphatic carbocycles. The molecule has 0 unspecified atom stereocenters. The minimum absolute atomic E-state index is 0.312. The SMILES string of the molecule is CCC(CC)Nc1ncc(Br)cc1C(=O)OC. The van der Waals surface area contributed by atoms with Crippen molar-refractivity contribution in [1.29, 1.82) is 0 Å². The van der Waals surface area contributed by atoms with Gasteiger partial charge in [0.25, 0.3) is 0 Å². The molecular formula is C12H17BrN2O2. The highest BCUT2D eigenvalue weighted by molar-refractivity contribution is 9.10. The largest absolute Gasteiger partial charge is 0.465 e. The lowest BCUT2D eigenvalue weighted by Crippen LogP contribution is -2.20. The van der Waals surface area contributed by atoms with Crippen molar-refractivity contribution in [3.05, 3.63) is 22.3 Å². The number of anilines is 1. The van der Waals surface area contributed by atoms with E-state index in [1.54, 1.807) is 12.3 Å². The number of hydrogen-bond acceptors (Lipinski definition) is 4. The first kappa shape index (κ1) is 14.0. The van der Waals surface area contributed by atoms with Crippen molar-refractivity contribution in [2.24, 2.45) is 0 Å². The van der Waals surface area contributed by atoms with E-state index < -0.39 is 0 Å². The van der Waals surface area contributed by atoms with Crippen LogP contribution in [0.15, 0.2) is 16.7 Å². The van der Waals surface area contributed by atoms with Gasteiger partial charge in [0.05, 0.1) is 7.11 Å². The van der Waals surface area contributed by atoms with Gasteiger partial charge in [-0.15, -0.1) is 0 Å². The summed E-state index contributed by atoms with van der Waals surface area (Å²) in [4.78, 5) is 15.8. The second-order valence-corrected chi connectivity index (χ2v) is 4.61. The molecule has 17 heavy (non-hydrogen) atoms. The first-order valence-electron chi connectivity index (χ1n) is 5.62. The standard InChI is InChI=1S/C12H17BrN2O2/c1-4-9(5-2)15-11-10(12(16)17-3)6-8(13)7-14-11/h6-7,9H,4-5H2,1-3H3,(H,14,15). The van der Waals surface area contributed by atoms with Gasteiger partial charge in [0.1, 0.15) is 11.4 Å². The second-order valence-electron chi connectivity index (χ2n) is 3.70. The second kappa shape index (κ2) is 6.59. The van der Waals surface area contributed by atoms with Crippen molar-refractivity contribution in [2.45, 2.75) is 32.7 Å². The fourth-order valence-electron chi connectivity index (χ4n) is 1.51. The molecule has 0 spiro atoms. The van der Waals surface area contributed by atoms with Crippen molar-refractivity contribution in [3.8, 4) is 0 Å². The number of esters is 1. The predicted molar refractivity (Wildman–Crippen MR) is 71.3 cm³/mol. The van der Waals surface area contributed by atoms with Gasteiger partial charge in [0, 0.05) is 16.7 Å². The molecule has 0 saturated carbocycles. The number of methoxy groups -OCH3 is 1. The first-order chi connectivity index (χ1) is 8.12. The molecule has 0 bridgehead atoms. The Morgan fingerprint density at radius 2 is 2.18 bits per heavy atom. The summed E-state index contributed by atoms with van der Waals surface area (Å²) in [6.45, 7) is 4.19. The maximum atomic E-state index is 11.6. The zero-order valence-electron chi connectivity index (χ0n) is 10.3. The molecule has 1 rings (SSSR count). The molecule has 0 aliphatic heterocycles. The summed E-state index contributed by atoms with van der Waals surface area (Å²) in [5.41, 5.74) is 0.453. The predicted octanol–water partition coefficient (Wildman–Crippen LogP) is 3.23. The Morgan fingerprint density at radius 1 is 1.53 bits per heavy atom. The van der Waals surface area contributed by atoms with E-state index in [1.807, 2.05) is 0 Å². The Morgan fingerprint density at radius 3 is 2.71 bits per heavy atom. The van der Waals surface area contributed by atoms with Crippen LogP contribution in [0.2, 0.25) is 0 Å². The molecule has 94 valence electrons. The third kappa shape index (κ3) is 3.70. The van der Waals surface area contributed by atoms with Gasteiger partial charge in [-0.25, -0.2) is 9.78 Å². The van der Waals surface area contributed by atoms with Crippen LogP contribution in [-0.2, 0) is 4.74 Å². The van der Waals surface area contributed by atoms with Crippen molar-refractivity contribution in [3.63, 3.8) is 0 Å². The summed E-state index contributed by atoms with van der Waals surface area (Å²) in [7, 11) is 1.37. The summed E-state index contributed by atoms with van der Waals surface area (Å²) >= 11 is 3.30. The fourth-order valence-corrected chi connectivity index (χ4v) is 1.84. The highest BCUT2D eigenvalue weighted by Gasteiger charge is 2.15. The summed E-state index contributed by atoms with van der Waals surface area (Å²) in [5.74, 6) is 0.195. The van der Waals surface area contributed by atoms with Gasteiger partial charge in [0.2, 0.25) is 0 Å². The molecule has 4 nitrogen and oxygen atoms in total. The van der Waals surface area contributed by atoms with E-state index in [9.17, 15) is 4.79 Å². The maximum absolute atomic E-state index is 11.6. The highest BCUT2D eigenvalue weighted by atomic mass is 79.9. The van der Waals surface area contributed by atoms with Crippen LogP contribution in [0.4, 0.5) is 5.82 Å². The molecule has 1 N–H and O–H groups in total. The topological polar surface area (TPSA) is 51.2 Å². The quantitative estimate of drug-likeness (QED) is 0.848. The third-order valence-corrected chi connectivity index (χ3v) is 3.02. The monoisotopic (exact) mass is 300 g/mol. The van der Waals surface area contributed by atoms with E-state index in [0.29, 0.717) is 17.4 Å². The molecule has 1 aromatic rings. The average molecular weight is 301 g/mol. The van der Waals surface area contributed by atoms with Crippen LogP contribution in [0, 0.1) is 0 Å². The van der Waals surface area contributed by atoms with Crippen LogP contribution in [0.25, 0.3) is 0 Å². The summed E-state index contributed by atoms with van der Waals surface area (Å²) in [6, 6.07) is 2.02. The molecule has 1 aromatic heterocycles. The maximum Gasteiger partial charge on any atom is 0.341 e. The zero-order valence-corrected chi connectivity index (χ0v) is 11.9. The van der Waals surface area contributed by atoms with E-state index in [1.165, 1.54) is 7.11 Å². The van der Waals surface area contributed by atoms with Crippen molar-refractivity contribution in [2.75, 3.05) is 12.4 Å². The van der Waals surface area contributed by atoms with Crippen LogP contribution in [0.1, 0.15) is 37.0 Å². The summed E-state index contributed by atoms with van der Waals surface area (Å²) in [5, 5.41) is 3.26. The number of carbonyl (C=O) groups excluding carboxylic acids is 1. The van der Waals surface area contributed by atoms with E-state index >= 15 is 0 Å². The lowest BCUT2D eigenvalue weighted by atomic mass is 10.1. The number of aromatic nitrogens is 1. The Labute approximate surface area is 110 Å². The normalized spacial score (nSPS) is 10.4. The minimum atomic E-state index is -0.382. The lowest BCUT2D eigenvalue weighted by molar-refractivity contribution is 0.0601. The number of halogens is 1. The van der Waals surface area contributed by atoms with Gasteiger partial charge < -0.3 is 10.1 Å². The Kier molecular flexibility index (Phi) is 5.41. The number of nitrogens with one attached hydrogen (secondary N) is 1. The van der Waals surface area contributed by atoms with Gasteiger partial charge in [-0.2, -0.15) is 0 Å². The van der Waals surface area contributed by atoms with E-state index in [0.717, 1.165) is 17.3 Å². The molecule has 0 amide bonds. The Balaban J connectivity index is 3.01. The van der Waals surface area contributed by atoms with Crippen LogP contribution in [0.3, 0.4) is 0 Å². The number of nitrogens with zero attached hydrogens (tertiary/aromatic N) is 1. The van der Waals surface area contributed by atoms with Crippen molar-refractivity contribution >= 4 is 27.7 Å². The average Bonchev–Trinajstić information content (AvgIpc) is 2.36. The van der Waals surface area contributed by atoms with Crippen molar-refractivity contribution in [1.82, 2.24) is 4.98 Å². The van der Waals surface area contributed by atoms with Gasteiger partial charge in [0.15, 0.2) is 0 Å². The number of hydrogen-bond donors (Lipinski definition) is 1. The molecule has 0 aliphatic rings. The number of carbonyl (C=O) groups is 1. The first-order valence-corrected chi connectivity index (χ1v) is 6.42. The molecule has 0 saturated heterocycles. The van der Waals surface area contributed by atoms with Crippen LogP contribution >= 0.6 is 15.9 Å². The molecule has 0 radical (unpaired) electrons. The number of rotatable bonds is 5. The van der Waals surface area contributed by atoms with E-state index in [4.69, 9.17) is 4.74 Å². The van der Waals surface area contributed by atoms with Gasteiger partial charge in [-0.3, -0.25) is 0 Å². The van der Waals surface area contributed by atoms with Crippen LogP contribution in [0.5, 0.6) is 0 Å². The Bertz CT molecular complexity index is 392. The summed E-state index contributed by atoms with van der Waals surface area (Å²) < 4.78 is 5.50. The molecule has 5 heteroatoms. The lowest BCUT2D eigenvalue weighted by Gasteiger charge is -2.17. The minimum Gasteiger partial charge on any atom is -0.465 e. The van der Waals surface area contributed by atoms with Crippen LogP contribution in [-0.4, -0.2) is 24.1 Å². The third-order valence-electron chi connectivity index (χ3n) is 2.59. The van der Waals surface area contributed by atoms with Gasteiger partial charge in [-0.05, 0) is 34.8 Å². The van der Waals surface area contributed by atoms with Crippen molar-refractivity contribution < 1.29 is 9.53 Å². The molecule has 0 fully saturated rings. The molecule has 1 heterocycles. The summed E-state index contributed by atoms with van der Waals surface area (Å²) in [6.07, 6.45) is 3.63. The van der Waals surface area contributed by atoms with Gasteiger partial charge >= 0.3 is 5.97 Å². The Hall–Kier alpha value is -1.10. The highest BCUT2D eigenvalue weighted by Crippen LogP contribution is 2.20. The zero-order chi connectivity index (χ0) is 12.8. The van der Waals surface area contributed by atoms with Gasteiger partial charge in [-0.1, -0.05) is 13.8 Å². The van der Waals surface area contributed by atoms with E-state index in [-0.39, 0.29) is 5.97 Å². The molecule has 0 aromatic carbocycles. The van der Waals surface area contributed by atoms with Crippen LogP contribution < -0.4 is 5.32 Å². The number of ether oxygens (including phenoxy) is 1.